The van der Waals surface area contributed by atoms with E-state index in [1.807, 2.05) is 0 Å². The van der Waals surface area contributed by atoms with E-state index in [2.05, 4.69) is 5.48 Å². The van der Waals surface area contributed by atoms with E-state index in [1.54, 1.807) is 12.1 Å². The van der Waals surface area contributed by atoms with Crippen LogP contribution in [0.5, 0.6) is 0 Å². The highest BCUT2D eigenvalue weighted by Crippen LogP contribution is 2.37. The summed E-state index contributed by atoms with van der Waals surface area (Å²) in [7, 11) is 1.21. The number of ether oxygens (including phenoxy) is 1. The van der Waals surface area contributed by atoms with Gasteiger partial charge in [0.05, 0.1) is 29.6 Å². The predicted octanol–water partition coefficient (Wildman–Crippen LogP) is 1.80. The van der Waals surface area contributed by atoms with Gasteiger partial charge in [-0.1, -0.05) is 12.1 Å². The fourth-order valence-corrected chi connectivity index (χ4v) is 3.10. The lowest BCUT2D eigenvalue weighted by molar-refractivity contribution is -0.127. The van der Waals surface area contributed by atoms with Crippen molar-refractivity contribution in [3.05, 3.63) is 71.0 Å². The topological polar surface area (TPSA) is 84.9 Å². The number of imide groups is 1. The largest absolute Gasteiger partial charge is 0.465 e. The fraction of sp³-hybridized carbons (Fsp3) is 0.105. The first kappa shape index (κ1) is 16.9. The predicted molar refractivity (Wildman–Crippen MR) is 91.6 cm³/mol. The SMILES string of the molecule is COC(=O)c1ccccc1N1C(=O)C2=C(c3ccc(F)cc3)NO[C@@H]2C1=O. The van der Waals surface area contributed by atoms with Gasteiger partial charge in [0, 0.05) is 5.56 Å². The number of nitrogens with zero attached hydrogens (tertiary/aromatic N) is 1. The molecule has 1 saturated heterocycles. The molecular formula is C19H13FN2O5. The van der Waals surface area contributed by atoms with Crippen LogP contribution in [0.4, 0.5) is 10.1 Å². The maximum Gasteiger partial charge on any atom is 0.339 e. The Kier molecular flexibility index (Phi) is 3.97. The van der Waals surface area contributed by atoms with Crippen LogP contribution in [0.25, 0.3) is 5.70 Å². The van der Waals surface area contributed by atoms with E-state index in [-0.39, 0.29) is 22.5 Å². The van der Waals surface area contributed by atoms with Crippen molar-refractivity contribution in [1.29, 1.82) is 0 Å². The zero-order valence-corrected chi connectivity index (χ0v) is 14.1. The number of halogens is 1. The zero-order chi connectivity index (χ0) is 19.1. The van der Waals surface area contributed by atoms with Crippen molar-refractivity contribution in [3.8, 4) is 0 Å². The maximum atomic E-state index is 13.2. The van der Waals surface area contributed by atoms with Crippen LogP contribution < -0.4 is 10.4 Å². The molecule has 0 spiro atoms. The van der Waals surface area contributed by atoms with Gasteiger partial charge in [-0.05, 0) is 36.4 Å². The molecule has 0 saturated carbocycles. The summed E-state index contributed by atoms with van der Waals surface area (Å²) in [4.78, 5) is 44.0. The van der Waals surface area contributed by atoms with Crippen LogP contribution in [0.1, 0.15) is 15.9 Å². The molecule has 0 radical (unpaired) electrons. The minimum Gasteiger partial charge on any atom is -0.465 e. The van der Waals surface area contributed by atoms with E-state index < -0.39 is 29.7 Å². The van der Waals surface area contributed by atoms with Crippen LogP contribution in [0, 0.1) is 5.82 Å². The molecule has 0 bridgehead atoms. The zero-order valence-electron chi connectivity index (χ0n) is 14.1. The molecule has 27 heavy (non-hydrogen) atoms. The number of carbonyl (C=O) groups excluding carboxylic acids is 3. The second kappa shape index (κ2) is 6.33. The smallest absolute Gasteiger partial charge is 0.339 e. The third kappa shape index (κ3) is 2.58. The van der Waals surface area contributed by atoms with Gasteiger partial charge in [-0.3, -0.25) is 19.9 Å². The van der Waals surface area contributed by atoms with Crippen LogP contribution in [0.2, 0.25) is 0 Å². The number of hydrogen-bond donors (Lipinski definition) is 1. The van der Waals surface area contributed by atoms with E-state index in [4.69, 9.17) is 9.57 Å². The van der Waals surface area contributed by atoms with Gasteiger partial charge >= 0.3 is 5.97 Å². The first-order chi connectivity index (χ1) is 13.0. The number of benzene rings is 2. The van der Waals surface area contributed by atoms with E-state index in [0.717, 1.165) is 4.90 Å². The lowest BCUT2D eigenvalue weighted by Gasteiger charge is -2.18. The van der Waals surface area contributed by atoms with E-state index in [9.17, 15) is 18.8 Å². The quantitative estimate of drug-likeness (QED) is 0.657. The van der Waals surface area contributed by atoms with Gasteiger partial charge in [0.2, 0.25) is 0 Å². The Bertz CT molecular complexity index is 999. The highest BCUT2D eigenvalue weighted by molar-refractivity contribution is 6.34. The summed E-state index contributed by atoms with van der Waals surface area (Å²) in [5, 5.41) is 0. The molecule has 2 heterocycles. The lowest BCUT2D eigenvalue weighted by Crippen LogP contribution is -2.35. The number of hydroxylamine groups is 1. The van der Waals surface area contributed by atoms with Gasteiger partial charge in [0.15, 0.2) is 6.10 Å². The second-order valence-electron chi connectivity index (χ2n) is 5.88. The average Bonchev–Trinajstić information content (AvgIpc) is 3.22. The number of rotatable bonds is 3. The molecular weight excluding hydrogens is 355 g/mol. The number of hydrogen-bond acceptors (Lipinski definition) is 6. The molecule has 0 aromatic heterocycles. The third-order valence-corrected chi connectivity index (χ3v) is 4.37. The highest BCUT2D eigenvalue weighted by atomic mass is 19.1. The van der Waals surface area contributed by atoms with Gasteiger partial charge < -0.3 is 4.74 Å². The number of para-hydroxylation sites is 1. The van der Waals surface area contributed by atoms with Crippen LogP contribution >= 0.6 is 0 Å². The van der Waals surface area contributed by atoms with E-state index >= 15 is 0 Å². The molecule has 0 aliphatic carbocycles. The van der Waals surface area contributed by atoms with E-state index in [0.29, 0.717) is 5.56 Å². The summed E-state index contributed by atoms with van der Waals surface area (Å²) in [6, 6.07) is 11.6. The summed E-state index contributed by atoms with van der Waals surface area (Å²) < 4.78 is 17.9. The summed E-state index contributed by atoms with van der Waals surface area (Å²) in [5.41, 5.74) is 3.66. The highest BCUT2D eigenvalue weighted by Gasteiger charge is 2.51. The number of anilines is 1. The fourth-order valence-electron chi connectivity index (χ4n) is 3.10. The molecule has 2 aromatic rings. The van der Waals surface area contributed by atoms with Crippen molar-refractivity contribution in [3.63, 3.8) is 0 Å². The molecule has 0 unspecified atom stereocenters. The van der Waals surface area contributed by atoms with Crippen LogP contribution in [0.15, 0.2) is 54.1 Å². The summed E-state index contributed by atoms with van der Waals surface area (Å²) in [6.45, 7) is 0. The maximum absolute atomic E-state index is 13.2. The summed E-state index contributed by atoms with van der Waals surface area (Å²) >= 11 is 0. The van der Waals surface area contributed by atoms with Crippen molar-refractivity contribution < 1.29 is 28.3 Å². The molecule has 1 atom stereocenters. The normalized spacial score (nSPS) is 18.6. The van der Waals surface area contributed by atoms with Gasteiger partial charge in [-0.2, -0.15) is 0 Å². The van der Waals surface area contributed by atoms with Crippen molar-refractivity contribution in [2.45, 2.75) is 6.10 Å². The monoisotopic (exact) mass is 368 g/mol. The Balaban J connectivity index is 1.81. The molecule has 1 fully saturated rings. The summed E-state index contributed by atoms with van der Waals surface area (Å²) in [5.74, 6) is -2.35. The minimum absolute atomic E-state index is 0.0820. The lowest BCUT2D eigenvalue weighted by atomic mass is 10.0. The number of fused-ring (bicyclic) bond motifs is 1. The molecule has 8 heteroatoms. The number of methoxy groups -OCH3 is 1. The molecule has 1 N–H and O–H groups in total. The molecule has 2 aromatic carbocycles. The first-order valence-electron chi connectivity index (χ1n) is 8.00. The average molecular weight is 368 g/mol. The van der Waals surface area contributed by atoms with Gasteiger partial charge in [0.1, 0.15) is 5.82 Å². The molecule has 2 aliphatic heterocycles. The van der Waals surface area contributed by atoms with Gasteiger partial charge in [-0.15, -0.1) is 0 Å². The van der Waals surface area contributed by atoms with Crippen LogP contribution in [-0.4, -0.2) is 31.0 Å². The Morgan fingerprint density at radius 1 is 1.15 bits per heavy atom. The number of esters is 1. The Labute approximate surface area is 152 Å². The molecule has 2 aliphatic rings. The van der Waals surface area contributed by atoms with Gasteiger partial charge in [-0.25, -0.2) is 14.1 Å². The summed E-state index contributed by atoms with van der Waals surface area (Å²) in [6.07, 6.45) is -1.15. The Morgan fingerprint density at radius 3 is 2.56 bits per heavy atom. The van der Waals surface area contributed by atoms with Crippen LogP contribution in [0.3, 0.4) is 0 Å². The Hall–Kier alpha value is -3.52. The second-order valence-corrected chi connectivity index (χ2v) is 5.88. The molecule has 136 valence electrons. The number of carbonyl (C=O) groups is 3. The molecule has 4 rings (SSSR count). The number of nitrogens with one attached hydrogen (secondary N) is 1. The van der Waals surface area contributed by atoms with E-state index in [1.165, 1.54) is 43.5 Å². The third-order valence-electron chi connectivity index (χ3n) is 4.37. The van der Waals surface area contributed by atoms with Crippen molar-refractivity contribution >= 4 is 29.2 Å². The minimum atomic E-state index is -1.15. The number of amides is 2. The molecule has 7 nitrogen and oxygen atoms in total. The standard InChI is InChI=1S/C19H13FN2O5/c1-26-19(25)12-4-2-3-5-13(12)22-17(23)14-15(21-27-16(14)18(22)24)10-6-8-11(20)9-7-10/h2-9,16,21H,1H3/t16-/m0/s1. The van der Waals surface area contributed by atoms with Crippen molar-refractivity contribution in [1.82, 2.24) is 5.48 Å². The van der Waals surface area contributed by atoms with Crippen molar-refractivity contribution in [2.75, 3.05) is 12.0 Å². The van der Waals surface area contributed by atoms with Crippen LogP contribution in [-0.2, 0) is 19.2 Å². The molecule has 2 amide bonds. The van der Waals surface area contributed by atoms with Crippen molar-refractivity contribution in [2.24, 2.45) is 0 Å². The van der Waals surface area contributed by atoms with Gasteiger partial charge in [0.25, 0.3) is 11.8 Å². The first-order valence-corrected chi connectivity index (χ1v) is 8.00. The Morgan fingerprint density at radius 2 is 1.85 bits per heavy atom.